The average Bonchev–Trinajstić information content (AvgIpc) is 3.36. The van der Waals surface area contributed by atoms with Crippen molar-refractivity contribution in [3.05, 3.63) is 37.6 Å². The fourth-order valence-corrected chi connectivity index (χ4v) is 3.30. The topological polar surface area (TPSA) is 13.0 Å². The van der Waals surface area contributed by atoms with Gasteiger partial charge in [0.25, 0.3) is 0 Å². The van der Waals surface area contributed by atoms with Gasteiger partial charge in [-0.25, -0.2) is 0 Å². The van der Waals surface area contributed by atoms with Crippen LogP contribution in [0, 0.1) is 19.4 Å². The van der Waals surface area contributed by atoms with E-state index in [2.05, 4.69) is 95.8 Å². The minimum atomic E-state index is 1.07. The maximum absolute atomic E-state index is 4.26. The summed E-state index contributed by atoms with van der Waals surface area (Å²) in [5.74, 6) is 0. The Hall–Kier alpha value is -0.476. The third kappa shape index (κ3) is 6.30. The van der Waals surface area contributed by atoms with Gasteiger partial charge in [0.05, 0.1) is 0 Å². The van der Waals surface area contributed by atoms with Crippen LogP contribution in [0.2, 0.25) is 0 Å². The van der Waals surface area contributed by atoms with E-state index in [9.17, 15) is 0 Å². The second kappa shape index (κ2) is 12.1. The summed E-state index contributed by atoms with van der Waals surface area (Å²) in [6.45, 7) is 15.8. The fourth-order valence-electron chi connectivity index (χ4n) is 3.30. The molecule has 0 aromatic heterocycles. The molecular formula is C20H31ClN4Ni-3. The molecule has 1 aromatic carbocycles. The normalized spacial score (nSPS) is 18.3. The third-order valence-corrected chi connectivity index (χ3v) is 4.84. The number of unbranched alkanes of at least 4 members (excludes halogenated alkanes) is 2. The van der Waals surface area contributed by atoms with E-state index in [0.29, 0.717) is 0 Å². The van der Waals surface area contributed by atoms with Crippen molar-refractivity contribution in [2.45, 2.75) is 39.5 Å². The Bertz CT molecular complexity index is 475. The summed E-state index contributed by atoms with van der Waals surface area (Å²) in [7, 11) is 4.26. The van der Waals surface area contributed by atoms with Crippen molar-refractivity contribution in [2.24, 2.45) is 0 Å². The van der Waals surface area contributed by atoms with Crippen molar-refractivity contribution >= 4 is 21.6 Å². The molecule has 151 valence electrons. The van der Waals surface area contributed by atoms with Crippen LogP contribution in [0.3, 0.4) is 0 Å². The summed E-state index contributed by atoms with van der Waals surface area (Å²) in [5.41, 5.74) is 2.37. The summed E-state index contributed by atoms with van der Waals surface area (Å²) in [6.07, 6.45) is 5.05. The molecule has 0 N–H and O–H groups in total. The monoisotopic (exact) mass is 420 g/mol. The molecule has 2 saturated heterocycles. The van der Waals surface area contributed by atoms with E-state index in [1.54, 1.807) is 0 Å². The van der Waals surface area contributed by atoms with E-state index in [1.807, 2.05) is 0 Å². The van der Waals surface area contributed by atoms with Crippen LogP contribution in [0.25, 0.3) is 0 Å². The number of benzene rings is 1. The van der Waals surface area contributed by atoms with Crippen LogP contribution < -0.4 is 9.80 Å². The van der Waals surface area contributed by atoms with Gasteiger partial charge in [-0.15, -0.1) is 17.4 Å². The zero-order valence-electron chi connectivity index (χ0n) is 15.9. The van der Waals surface area contributed by atoms with E-state index < -0.39 is 0 Å². The zero-order valence-corrected chi connectivity index (χ0v) is 17.7. The second-order valence-corrected chi connectivity index (χ2v) is 6.82. The Morgan fingerprint density at radius 3 is 1.77 bits per heavy atom. The first kappa shape index (κ1) is 21.8. The molecule has 2 heterocycles. The van der Waals surface area contributed by atoms with E-state index in [4.69, 9.17) is 0 Å². The Balaban J connectivity index is 0.00000117. The van der Waals surface area contributed by atoms with E-state index in [1.165, 1.54) is 50.1 Å². The van der Waals surface area contributed by atoms with Crippen LogP contribution in [0.1, 0.15) is 39.5 Å². The van der Waals surface area contributed by atoms with Crippen LogP contribution >= 0.6 is 10.2 Å². The quantitative estimate of drug-likeness (QED) is 0.459. The van der Waals surface area contributed by atoms with Gasteiger partial charge in [0.2, 0.25) is 0 Å². The second-order valence-electron chi connectivity index (χ2n) is 6.82. The molecule has 0 unspecified atom stereocenters. The average molecular weight is 422 g/mol. The number of anilines is 2. The van der Waals surface area contributed by atoms with Crippen molar-refractivity contribution in [2.75, 3.05) is 49.1 Å². The van der Waals surface area contributed by atoms with Crippen molar-refractivity contribution in [3.8, 4) is 0 Å². The summed E-state index contributed by atoms with van der Waals surface area (Å²) in [4.78, 5) is 9.53. The first-order valence-electron chi connectivity index (χ1n) is 9.66. The van der Waals surface area contributed by atoms with Crippen LogP contribution in [-0.4, -0.2) is 49.1 Å². The molecule has 0 aliphatic carbocycles. The van der Waals surface area contributed by atoms with Crippen LogP contribution in [0.5, 0.6) is 0 Å². The van der Waals surface area contributed by atoms with Gasteiger partial charge in [0.1, 0.15) is 0 Å². The number of rotatable bonds is 8. The Labute approximate surface area is 172 Å². The van der Waals surface area contributed by atoms with Gasteiger partial charge in [-0.1, -0.05) is 26.7 Å². The van der Waals surface area contributed by atoms with Gasteiger partial charge in [-0.05, 0) is 52.1 Å². The summed E-state index contributed by atoms with van der Waals surface area (Å²) in [6, 6.07) is 10.1. The summed E-state index contributed by atoms with van der Waals surface area (Å²) >= 11 is 3.35. The first-order chi connectivity index (χ1) is 12.8. The predicted molar refractivity (Wildman–Crippen MR) is 107 cm³/mol. The van der Waals surface area contributed by atoms with E-state index >= 15 is 0 Å². The van der Waals surface area contributed by atoms with Crippen LogP contribution in [0.4, 0.5) is 11.4 Å². The van der Waals surface area contributed by atoms with E-state index in [0.717, 1.165) is 26.2 Å². The van der Waals surface area contributed by atoms with Gasteiger partial charge in [0, 0.05) is 0 Å². The molecule has 6 heteroatoms. The van der Waals surface area contributed by atoms with Gasteiger partial charge >= 0.3 is 24.8 Å². The number of halogens is 1. The molecule has 0 saturated carbocycles. The molecule has 0 atom stereocenters. The Morgan fingerprint density at radius 2 is 1.35 bits per heavy atom. The van der Waals surface area contributed by atoms with Crippen molar-refractivity contribution in [3.63, 3.8) is 0 Å². The molecule has 26 heavy (non-hydrogen) atoms. The molecule has 4 nitrogen and oxygen atoms in total. The molecule has 1 aromatic rings. The van der Waals surface area contributed by atoms with Gasteiger partial charge in [0.15, 0.2) is 0 Å². The predicted octanol–water partition coefficient (Wildman–Crippen LogP) is 4.26. The minimum absolute atomic E-state index is 1.07. The zero-order chi connectivity index (χ0) is 18.8. The SMILES string of the molecule is CCCCN1[CH-]N(c2[c-]c(N3[CH-]N(CCCC)CC3)ccc2)CC1.[Cl][Ni]. The number of hydrogen-bond acceptors (Lipinski definition) is 4. The molecule has 3 rings (SSSR count). The van der Waals surface area contributed by atoms with Crippen LogP contribution in [0.15, 0.2) is 18.2 Å². The molecule has 0 radical (unpaired) electrons. The van der Waals surface area contributed by atoms with Gasteiger partial charge in [-0.3, -0.25) is 0 Å². The Morgan fingerprint density at radius 1 is 0.885 bits per heavy atom. The van der Waals surface area contributed by atoms with E-state index in [-0.39, 0.29) is 0 Å². The standard InChI is InChI=1S/C20H31N4.ClH.Ni/c1-3-5-10-21-12-14-23(17-21)19-8-7-9-20(16-19)24-15-13-22(18-24)11-6-4-2;;/h7-9,17-18H,3-6,10-15H2,1-2H3;1H;/q-3;;+1/p-1. The molecule has 2 fully saturated rings. The number of nitrogens with zero attached hydrogens (tertiary/aromatic N) is 4. The van der Waals surface area contributed by atoms with Crippen molar-refractivity contribution in [1.82, 2.24) is 9.80 Å². The summed E-state index contributed by atoms with van der Waals surface area (Å²) in [5, 5.41) is 0. The third-order valence-electron chi connectivity index (χ3n) is 4.84. The van der Waals surface area contributed by atoms with Crippen molar-refractivity contribution < 1.29 is 14.6 Å². The molecular weight excluding hydrogens is 390 g/mol. The molecule has 0 amide bonds. The molecule has 2 aliphatic heterocycles. The molecule has 0 spiro atoms. The fraction of sp³-hybridized carbons (Fsp3) is 0.600. The number of hydrogen-bond donors (Lipinski definition) is 0. The maximum atomic E-state index is 4.26. The first-order valence-corrected chi connectivity index (χ1v) is 11.0. The molecule has 2 aliphatic rings. The molecule has 0 bridgehead atoms. The Kier molecular flexibility index (Phi) is 10.1. The van der Waals surface area contributed by atoms with Crippen LogP contribution in [-0.2, 0) is 14.6 Å². The van der Waals surface area contributed by atoms with Gasteiger partial charge in [-0.2, -0.15) is 31.5 Å². The van der Waals surface area contributed by atoms with Crippen molar-refractivity contribution in [1.29, 1.82) is 0 Å². The van der Waals surface area contributed by atoms with Gasteiger partial charge < -0.3 is 19.6 Å². The summed E-state index contributed by atoms with van der Waals surface area (Å²) < 4.78 is 0.